The second-order valence-electron chi connectivity index (χ2n) is 10.5. The van der Waals surface area contributed by atoms with E-state index in [4.69, 9.17) is 0 Å². The third-order valence-corrected chi connectivity index (χ3v) is 10.4. The van der Waals surface area contributed by atoms with Crippen molar-refractivity contribution in [2.75, 3.05) is 46.3 Å². The first-order chi connectivity index (χ1) is 17.7. The molecule has 200 valence electrons. The standard InChI is InChI=1S/C27H35BrN4O4S/c1-29(37(35,36)24-11-9-20-16-22(28)10-8-21(20)17-24)25-7-5-14-31(27(25)34)19-26(33)32-15-4-6-23(32)18-30-12-2-3-13-30/h8-11,16-17,23,25H,2-7,12-15,18-19H2,1H3. The highest BCUT2D eigenvalue weighted by molar-refractivity contribution is 9.10. The van der Waals surface area contributed by atoms with Crippen molar-refractivity contribution in [1.82, 2.24) is 19.0 Å². The number of rotatable bonds is 7. The molecule has 10 heteroatoms. The predicted molar refractivity (Wildman–Crippen MR) is 147 cm³/mol. The minimum absolute atomic E-state index is 0.0184. The van der Waals surface area contributed by atoms with Crippen LogP contribution in [0.1, 0.15) is 38.5 Å². The van der Waals surface area contributed by atoms with Crippen LogP contribution in [0.4, 0.5) is 0 Å². The highest BCUT2D eigenvalue weighted by Gasteiger charge is 2.39. The summed E-state index contributed by atoms with van der Waals surface area (Å²) in [5.41, 5.74) is 0. The normalized spacial score (nSPS) is 23.5. The van der Waals surface area contributed by atoms with Gasteiger partial charge in [-0.15, -0.1) is 0 Å². The SMILES string of the molecule is CN(C1CCCN(CC(=O)N2CCCC2CN2CCCC2)C1=O)S(=O)(=O)c1ccc2cc(Br)ccc2c1. The van der Waals surface area contributed by atoms with Crippen molar-refractivity contribution in [2.24, 2.45) is 0 Å². The molecule has 2 aromatic carbocycles. The number of carbonyl (C=O) groups excluding carboxylic acids is 2. The fraction of sp³-hybridized carbons (Fsp3) is 0.556. The van der Waals surface area contributed by atoms with E-state index in [1.807, 2.05) is 23.1 Å². The van der Waals surface area contributed by atoms with Crippen molar-refractivity contribution in [3.05, 3.63) is 40.9 Å². The largest absolute Gasteiger partial charge is 0.337 e. The van der Waals surface area contributed by atoms with Crippen LogP contribution < -0.4 is 0 Å². The second-order valence-corrected chi connectivity index (χ2v) is 13.4. The first-order valence-electron chi connectivity index (χ1n) is 13.2. The zero-order chi connectivity index (χ0) is 26.2. The number of benzene rings is 2. The summed E-state index contributed by atoms with van der Waals surface area (Å²) in [4.78, 5) is 32.8. The van der Waals surface area contributed by atoms with Gasteiger partial charge in [-0.3, -0.25) is 9.59 Å². The van der Waals surface area contributed by atoms with Crippen molar-refractivity contribution in [3.8, 4) is 0 Å². The van der Waals surface area contributed by atoms with Crippen LogP contribution in [0.25, 0.3) is 10.8 Å². The second kappa shape index (κ2) is 11.0. The van der Waals surface area contributed by atoms with Gasteiger partial charge in [-0.1, -0.05) is 28.1 Å². The average Bonchev–Trinajstić information content (AvgIpc) is 3.57. The minimum Gasteiger partial charge on any atom is -0.337 e. The number of halogens is 1. The lowest BCUT2D eigenvalue weighted by Gasteiger charge is -2.37. The minimum atomic E-state index is -3.89. The van der Waals surface area contributed by atoms with Crippen LogP contribution in [0.15, 0.2) is 45.8 Å². The Morgan fingerprint density at radius 1 is 0.973 bits per heavy atom. The summed E-state index contributed by atoms with van der Waals surface area (Å²) in [6.45, 7) is 4.33. The van der Waals surface area contributed by atoms with Crippen LogP contribution in [0.2, 0.25) is 0 Å². The molecule has 0 spiro atoms. The number of piperidine rings is 1. The van der Waals surface area contributed by atoms with Gasteiger partial charge >= 0.3 is 0 Å². The molecule has 0 radical (unpaired) electrons. The van der Waals surface area contributed by atoms with E-state index in [0.29, 0.717) is 19.4 Å². The number of amides is 2. The number of hydrogen-bond donors (Lipinski definition) is 0. The molecule has 2 unspecified atom stereocenters. The molecule has 3 aliphatic rings. The molecule has 3 heterocycles. The van der Waals surface area contributed by atoms with Gasteiger partial charge in [0.25, 0.3) is 0 Å². The maximum atomic E-state index is 13.5. The summed E-state index contributed by atoms with van der Waals surface area (Å²) in [5, 5.41) is 1.74. The first-order valence-corrected chi connectivity index (χ1v) is 15.5. The molecule has 0 saturated carbocycles. The van der Waals surface area contributed by atoms with Gasteiger partial charge in [-0.25, -0.2) is 8.42 Å². The topological polar surface area (TPSA) is 81.2 Å². The van der Waals surface area contributed by atoms with E-state index < -0.39 is 16.1 Å². The van der Waals surface area contributed by atoms with Gasteiger partial charge in [0.05, 0.1) is 11.4 Å². The van der Waals surface area contributed by atoms with E-state index in [0.717, 1.165) is 54.3 Å². The quantitative estimate of drug-likeness (QED) is 0.494. The molecule has 0 N–H and O–H groups in total. The summed E-state index contributed by atoms with van der Waals surface area (Å²) in [6, 6.07) is 10.1. The molecule has 2 aromatic rings. The average molecular weight is 592 g/mol. The smallest absolute Gasteiger partial charge is 0.243 e. The van der Waals surface area contributed by atoms with Gasteiger partial charge in [0, 0.05) is 37.2 Å². The number of carbonyl (C=O) groups is 2. The molecule has 3 saturated heterocycles. The maximum absolute atomic E-state index is 13.5. The Kier molecular flexibility index (Phi) is 7.91. The molecular weight excluding hydrogens is 556 g/mol. The van der Waals surface area contributed by atoms with E-state index in [1.165, 1.54) is 24.2 Å². The molecule has 37 heavy (non-hydrogen) atoms. The van der Waals surface area contributed by atoms with Crippen molar-refractivity contribution in [3.63, 3.8) is 0 Å². The third kappa shape index (κ3) is 5.57. The van der Waals surface area contributed by atoms with Gasteiger partial charge < -0.3 is 14.7 Å². The molecule has 0 aliphatic carbocycles. The summed E-state index contributed by atoms with van der Waals surface area (Å²) in [7, 11) is -2.42. The van der Waals surface area contributed by atoms with Gasteiger partial charge in [-0.2, -0.15) is 4.31 Å². The number of hydrogen-bond acceptors (Lipinski definition) is 5. The van der Waals surface area contributed by atoms with E-state index >= 15 is 0 Å². The van der Waals surface area contributed by atoms with Gasteiger partial charge in [-0.05, 0) is 86.7 Å². The number of nitrogens with zero attached hydrogens (tertiary/aromatic N) is 4. The fourth-order valence-electron chi connectivity index (χ4n) is 5.97. The van der Waals surface area contributed by atoms with E-state index in [1.54, 1.807) is 23.1 Å². The van der Waals surface area contributed by atoms with Crippen LogP contribution in [0, 0.1) is 0 Å². The maximum Gasteiger partial charge on any atom is 0.243 e. The number of fused-ring (bicyclic) bond motifs is 1. The summed E-state index contributed by atoms with van der Waals surface area (Å²) in [6.07, 6.45) is 5.54. The van der Waals surface area contributed by atoms with Crippen LogP contribution in [0.3, 0.4) is 0 Å². The molecular formula is C27H35BrN4O4S. The number of sulfonamides is 1. The highest BCUT2D eigenvalue weighted by atomic mass is 79.9. The predicted octanol–water partition coefficient (Wildman–Crippen LogP) is 3.30. The summed E-state index contributed by atoms with van der Waals surface area (Å²) < 4.78 is 29.1. The van der Waals surface area contributed by atoms with Crippen molar-refractivity contribution < 1.29 is 18.0 Å². The molecule has 2 amide bonds. The third-order valence-electron chi connectivity index (χ3n) is 8.08. The molecule has 3 aliphatic heterocycles. The highest BCUT2D eigenvalue weighted by Crippen LogP contribution is 2.28. The van der Waals surface area contributed by atoms with Crippen LogP contribution >= 0.6 is 15.9 Å². The summed E-state index contributed by atoms with van der Waals surface area (Å²) >= 11 is 3.44. The van der Waals surface area contributed by atoms with E-state index in [2.05, 4.69) is 20.8 Å². The Morgan fingerprint density at radius 3 is 2.46 bits per heavy atom. The molecule has 5 rings (SSSR count). The van der Waals surface area contributed by atoms with Crippen molar-refractivity contribution in [1.29, 1.82) is 0 Å². The number of likely N-dealkylation sites (tertiary alicyclic amines) is 3. The van der Waals surface area contributed by atoms with Gasteiger partial charge in [0.1, 0.15) is 6.04 Å². The van der Waals surface area contributed by atoms with Gasteiger partial charge in [0.15, 0.2) is 0 Å². The fourth-order valence-corrected chi connectivity index (χ4v) is 7.73. The lowest BCUT2D eigenvalue weighted by molar-refractivity contribution is -0.145. The molecule has 0 bridgehead atoms. The monoisotopic (exact) mass is 590 g/mol. The van der Waals surface area contributed by atoms with Gasteiger partial charge in [0.2, 0.25) is 21.8 Å². The first kappa shape index (κ1) is 26.6. The van der Waals surface area contributed by atoms with Crippen LogP contribution in [0.5, 0.6) is 0 Å². The van der Waals surface area contributed by atoms with Crippen LogP contribution in [-0.2, 0) is 19.6 Å². The molecule has 8 nitrogen and oxygen atoms in total. The van der Waals surface area contributed by atoms with E-state index in [9.17, 15) is 18.0 Å². The zero-order valence-corrected chi connectivity index (χ0v) is 23.7. The zero-order valence-electron chi connectivity index (χ0n) is 21.3. The Balaban J connectivity index is 1.27. The molecule has 0 aromatic heterocycles. The summed E-state index contributed by atoms with van der Waals surface area (Å²) in [5.74, 6) is -0.312. The number of likely N-dealkylation sites (N-methyl/N-ethyl adjacent to an activating group) is 1. The lowest BCUT2D eigenvalue weighted by Crippen LogP contribution is -2.55. The lowest BCUT2D eigenvalue weighted by atomic mass is 10.0. The Hall–Kier alpha value is -2.01. The van der Waals surface area contributed by atoms with Crippen LogP contribution in [-0.4, -0.2) is 97.6 Å². The molecule has 2 atom stereocenters. The molecule has 3 fully saturated rings. The van der Waals surface area contributed by atoms with E-state index in [-0.39, 0.29) is 29.3 Å². The van der Waals surface area contributed by atoms with Crippen molar-refractivity contribution >= 4 is 48.5 Å². The Bertz CT molecular complexity index is 1280. The Morgan fingerprint density at radius 2 is 1.68 bits per heavy atom. The Labute approximate surface area is 227 Å². The van der Waals surface area contributed by atoms with Crippen molar-refractivity contribution in [2.45, 2.75) is 55.5 Å².